The van der Waals surface area contributed by atoms with Gasteiger partial charge < -0.3 is 19.3 Å². The van der Waals surface area contributed by atoms with Crippen LogP contribution in [-0.4, -0.2) is 66.8 Å². The minimum absolute atomic E-state index is 0.0361. The van der Waals surface area contributed by atoms with Crippen molar-refractivity contribution >= 4 is 32.6 Å². The van der Waals surface area contributed by atoms with E-state index in [4.69, 9.17) is 9.47 Å². The van der Waals surface area contributed by atoms with Gasteiger partial charge in [0.2, 0.25) is 12.7 Å². The molecule has 1 amide bonds. The molecule has 34 heavy (non-hydrogen) atoms. The number of rotatable bonds is 4. The average molecular weight is 483 g/mol. The number of piperidine rings is 1. The number of benzene rings is 2. The number of anilines is 1. The standard InChI is InChI=1S/C25H27FN4O3S/c26-19-4-1-5-22-23(19)27-25(34-22)30-8-2-3-18(15-30)24(31)29-11-9-28(10-12-29)14-17-6-7-20-21(13-17)33-16-32-20/h1,4-7,13,18H,2-3,8-12,14-16H2. The van der Waals surface area contributed by atoms with E-state index in [1.165, 1.54) is 23.0 Å². The van der Waals surface area contributed by atoms with Crippen LogP contribution < -0.4 is 14.4 Å². The minimum atomic E-state index is -0.289. The first-order valence-corrected chi connectivity index (χ1v) is 12.7. The number of fused-ring (bicyclic) bond motifs is 2. The normalized spacial score (nSPS) is 20.8. The second-order valence-electron chi connectivity index (χ2n) is 9.16. The molecule has 1 aromatic heterocycles. The van der Waals surface area contributed by atoms with Gasteiger partial charge in [-0.15, -0.1) is 0 Å². The highest BCUT2D eigenvalue weighted by Crippen LogP contribution is 2.34. The number of amides is 1. The number of carbonyl (C=O) groups excluding carboxylic acids is 1. The van der Waals surface area contributed by atoms with Gasteiger partial charge in [-0.3, -0.25) is 9.69 Å². The number of aromatic nitrogens is 1. The number of thiazole rings is 1. The third-order valence-corrected chi connectivity index (χ3v) is 8.01. The molecule has 1 atom stereocenters. The van der Waals surface area contributed by atoms with E-state index in [1.54, 1.807) is 6.07 Å². The topological polar surface area (TPSA) is 58.1 Å². The maximum atomic E-state index is 14.1. The molecule has 3 aliphatic rings. The summed E-state index contributed by atoms with van der Waals surface area (Å²) in [6, 6.07) is 11.1. The molecule has 4 heterocycles. The van der Waals surface area contributed by atoms with Crippen LogP contribution in [0.4, 0.5) is 9.52 Å². The smallest absolute Gasteiger partial charge is 0.231 e. The quantitative estimate of drug-likeness (QED) is 0.565. The first-order chi connectivity index (χ1) is 16.6. The Morgan fingerprint density at radius 1 is 1.09 bits per heavy atom. The van der Waals surface area contributed by atoms with Gasteiger partial charge in [0, 0.05) is 45.8 Å². The van der Waals surface area contributed by atoms with E-state index in [0.29, 0.717) is 12.1 Å². The zero-order valence-corrected chi connectivity index (χ0v) is 19.7. The maximum absolute atomic E-state index is 14.1. The summed E-state index contributed by atoms with van der Waals surface area (Å²) in [4.78, 5) is 24.4. The van der Waals surface area contributed by atoms with E-state index in [2.05, 4.69) is 20.9 Å². The third kappa shape index (κ3) is 4.18. The molecule has 2 fully saturated rings. The van der Waals surface area contributed by atoms with Gasteiger partial charge in [0.1, 0.15) is 11.3 Å². The summed E-state index contributed by atoms with van der Waals surface area (Å²) in [5.41, 5.74) is 1.62. The van der Waals surface area contributed by atoms with Gasteiger partial charge in [-0.1, -0.05) is 23.5 Å². The molecular formula is C25H27FN4O3S. The van der Waals surface area contributed by atoms with Crippen molar-refractivity contribution in [3.63, 3.8) is 0 Å². The molecular weight excluding hydrogens is 455 g/mol. The van der Waals surface area contributed by atoms with Crippen LogP contribution in [0.2, 0.25) is 0 Å². The Bertz CT molecular complexity index is 1210. The first kappa shape index (κ1) is 21.6. The first-order valence-electron chi connectivity index (χ1n) is 11.8. The van der Waals surface area contributed by atoms with E-state index < -0.39 is 0 Å². The fourth-order valence-electron chi connectivity index (χ4n) is 5.07. The molecule has 7 nitrogen and oxygen atoms in total. The average Bonchev–Trinajstić information content (AvgIpc) is 3.52. The van der Waals surface area contributed by atoms with E-state index in [9.17, 15) is 9.18 Å². The van der Waals surface area contributed by atoms with Crippen molar-refractivity contribution in [2.45, 2.75) is 19.4 Å². The number of hydrogen-bond acceptors (Lipinski definition) is 7. The number of piperazine rings is 1. The molecule has 0 N–H and O–H groups in total. The maximum Gasteiger partial charge on any atom is 0.231 e. The lowest BCUT2D eigenvalue weighted by atomic mass is 9.96. The number of carbonyl (C=O) groups is 1. The predicted octanol–water partition coefficient (Wildman–Crippen LogP) is 3.72. The molecule has 0 saturated carbocycles. The van der Waals surface area contributed by atoms with Crippen LogP contribution in [0.1, 0.15) is 18.4 Å². The van der Waals surface area contributed by atoms with Crippen LogP contribution in [0.3, 0.4) is 0 Å². The fourth-order valence-corrected chi connectivity index (χ4v) is 6.09. The Balaban J connectivity index is 1.05. The summed E-state index contributed by atoms with van der Waals surface area (Å²) in [5, 5.41) is 0.811. The van der Waals surface area contributed by atoms with E-state index in [0.717, 1.165) is 73.4 Å². The van der Waals surface area contributed by atoms with Crippen molar-refractivity contribution in [2.75, 3.05) is 51.0 Å². The molecule has 178 valence electrons. The predicted molar refractivity (Wildman–Crippen MR) is 129 cm³/mol. The Labute approximate surface area is 201 Å². The molecule has 0 spiro atoms. The summed E-state index contributed by atoms with van der Waals surface area (Å²) >= 11 is 1.50. The summed E-state index contributed by atoms with van der Waals surface area (Å²) in [7, 11) is 0. The lowest BCUT2D eigenvalue weighted by Gasteiger charge is -2.39. The van der Waals surface area contributed by atoms with Crippen molar-refractivity contribution in [3.8, 4) is 11.5 Å². The Morgan fingerprint density at radius 3 is 2.79 bits per heavy atom. The molecule has 2 saturated heterocycles. The number of halogens is 1. The van der Waals surface area contributed by atoms with Gasteiger partial charge in [-0.25, -0.2) is 9.37 Å². The van der Waals surface area contributed by atoms with Crippen LogP contribution in [0.5, 0.6) is 11.5 Å². The van der Waals surface area contributed by atoms with E-state index in [-0.39, 0.29) is 24.4 Å². The van der Waals surface area contributed by atoms with Gasteiger partial charge in [-0.2, -0.15) is 0 Å². The summed E-state index contributed by atoms with van der Waals surface area (Å²) in [6.45, 7) is 5.82. The Hall–Kier alpha value is -2.91. The van der Waals surface area contributed by atoms with Gasteiger partial charge in [-0.05, 0) is 42.7 Å². The highest BCUT2D eigenvalue weighted by atomic mass is 32.1. The number of nitrogens with zero attached hydrogens (tertiary/aromatic N) is 4. The highest BCUT2D eigenvalue weighted by molar-refractivity contribution is 7.22. The molecule has 1 unspecified atom stereocenters. The van der Waals surface area contributed by atoms with Gasteiger partial charge in [0.15, 0.2) is 16.6 Å². The molecule has 9 heteroatoms. The van der Waals surface area contributed by atoms with Crippen molar-refractivity contribution in [1.29, 1.82) is 0 Å². The van der Waals surface area contributed by atoms with Crippen LogP contribution in [0.15, 0.2) is 36.4 Å². The monoisotopic (exact) mass is 482 g/mol. The van der Waals surface area contributed by atoms with Gasteiger partial charge >= 0.3 is 0 Å². The van der Waals surface area contributed by atoms with Gasteiger partial charge in [0.05, 0.1) is 10.6 Å². The third-order valence-electron chi connectivity index (χ3n) is 6.93. The largest absolute Gasteiger partial charge is 0.454 e. The Kier molecular flexibility index (Phi) is 5.74. The number of ether oxygens (including phenoxy) is 2. The van der Waals surface area contributed by atoms with Crippen molar-refractivity contribution in [2.24, 2.45) is 5.92 Å². The highest BCUT2D eigenvalue weighted by Gasteiger charge is 2.32. The summed E-state index contributed by atoms with van der Waals surface area (Å²) in [5.74, 6) is 1.52. The zero-order valence-electron chi connectivity index (χ0n) is 18.9. The van der Waals surface area contributed by atoms with Crippen LogP contribution in [0.25, 0.3) is 10.2 Å². The molecule has 6 rings (SSSR count). The lowest BCUT2D eigenvalue weighted by Crippen LogP contribution is -2.52. The zero-order chi connectivity index (χ0) is 23.1. The molecule has 0 bridgehead atoms. The van der Waals surface area contributed by atoms with Crippen molar-refractivity contribution in [3.05, 3.63) is 47.8 Å². The molecule has 0 aliphatic carbocycles. The van der Waals surface area contributed by atoms with Gasteiger partial charge in [0.25, 0.3) is 0 Å². The fraction of sp³-hybridized carbons (Fsp3) is 0.440. The SMILES string of the molecule is O=C(C1CCCN(c2nc3c(F)cccc3s2)C1)N1CCN(Cc2ccc3c(c2)OCO3)CC1. The van der Waals surface area contributed by atoms with Crippen LogP contribution in [0, 0.1) is 11.7 Å². The molecule has 3 aliphatic heterocycles. The van der Waals surface area contributed by atoms with E-state index >= 15 is 0 Å². The second-order valence-corrected chi connectivity index (χ2v) is 10.2. The molecule has 2 aromatic carbocycles. The van der Waals surface area contributed by atoms with E-state index in [1.807, 2.05) is 23.1 Å². The second kappa shape index (κ2) is 9.03. The van der Waals surface area contributed by atoms with Crippen molar-refractivity contribution < 1.29 is 18.7 Å². The van der Waals surface area contributed by atoms with Crippen molar-refractivity contribution in [1.82, 2.24) is 14.8 Å². The molecule has 0 radical (unpaired) electrons. The Morgan fingerprint density at radius 2 is 1.94 bits per heavy atom. The lowest BCUT2D eigenvalue weighted by molar-refractivity contribution is -0.137. The van der Waals surface area contributed by atoms with Crippen LogP contribution in [-0.2, 0) is 11.3 Å². The summed E-state index contributed by atoms with van der Waals surface area (Å²) in [6.07, 6.45) is 1.84. The number of para-hydroxylation sites is 1. The summed E-state index contributed by atoms with van der Waals surface area (Å²) < 4.78 is 25.8. The minimum Gasteiger partial charge on any atom is -0.454 e. The number of hydrogen-bond donors (Lipinski definition) is 0. The molecule has 3 aromatic rings. The van der Waals surface area contributed by atoms with Crippen LogP contribution >= 0.6 is 11.3 Å².